The van der Waals surface area contributed by atoms with Gasteiger partial charge in [-0.1, -0.05) is 47.1 Å². The highest BCUT2D eigenvalue weighted by molar-refractivity contribution is 7.15. The maximum atomic E-state index is 13.7. The molecule has 0 unspecified atom stereocenters. The molecule has 0 radical (unpaired) electrons. The van der Waals surface area contributed by atoms with Crippen molar-refractivity contribution in [1.29, 1.82) is 0 Å². The van der Waals surface area contributed by atoms with Gasteiger partial charge < -0.3 is 14.7 Å². The normalized spacial score (nSPS) is 21.0. The van der Waals surface area contributed by atoms with Crippen LogP contribution in [0.4, 0.5) is 0 Å². The number of nitrogens with one attached hydrogen (secondary N) is 1. The lowest BCUT2D eigenvalue weighted by Crippen LogP contribution is -2.45. The smallest absolute Gasteiger partial charge is 0.290 e. The minimum Gasteiger partial charge on any atom is -0.350 e. The fourth-order valence-corrected chi connectivity index (χ4v) is 5.99. The zero-order chi connectivity index (χ0) is 23.4. The van der Waals surface area contributed by atoms with E-state index in [4.69, 9.17) is 4.52 Å². The Balaban J connectivity index is 1.23. The van der Waals surface area contributed by atoms with E-state index in [2.05, 4.69) is 21.5 Å². The Kier molecular flexibility index (Phi) is 4.99. The largest absolute Gasteiger partial charge is 0.350 e. The van der Waals surface area contributed by atoms with E-state index < -0.39 is 0 Å². The molecule has 1 saturated heterocycles. The summed E-state index contributed by atoms with van der Waals surface area (Å²) in [5, 5.41) is 8.50. The Morgan fingerprint density at radius 1 is 1.18 bits per heavy atom. The minimum absolute atomic E-state index is 0.0528. The quantitative estimate of drug-likeness (QED) is 0.463. The molecule has 34 heavy (non-hydrogen) atoms. The molecule has 0 spiro atoms. The summed E-state index contributed by atoms with van der Waals surface area (Å²) in [5.41, 5.74) is 3.31. The van der Waals surface area contributed by atoms with Crippen LogP contribution >= 0.6 is 11.3 Å². The molecule has 6 rings (SSSR count). The maximum absolute atomic E-state index is 13.7. The highest BCUT2D eigenvalue weighted by Crippen LogP contribution is 2.50. The van der Waals surface area contributed by atoms with Crippen molar-refractivity contribution in [2.24, 2.45) is 11.8 Å². The molecule has 172 valence electrons. The molecule has 1 saturated carbocycles. The first-order valence-corrected chi connectivity index (χ1v) is 12.3. The number of hydrogen-bond acceptors (Lipinski definition) is 6. The van der Waals surface area contributed by atoms with Crippen LogP contribution in [0.2, 0.25) is 0 Å². The van der Waals surface area contributed by atoms with Crippen LogP contribution < -0.4 is 5.32 Å². The van der Waals surface area contributed by atoms with E-state index in [0.29, 0.717) is 41.5 Å². The molecule has 2 fully saturated rings. The van der Waals surface area contributed by atoms with E-state index >= 15 is 0 Å². The second-order valence-corrected chi connectivity index (χ2v) is 10.4. The summed E-state index contributed by atoms with van der Waals surface area (Å²) < 4.78 is 5.30. The summed E-state index contributed by atoms with van der Waals surface area (Å²) in [5.74, 6) is 0.750. The summed E-state index contributed by atoms with van der Waals surface area (Å²) in [6, 6.07) is 15.4. The Morgan fingerprint density at radius 2 is 2.03 bits per heavy atom. The number of carbonyl (C=O) groups excluding carboxylic acids is 2. The van der Waals surface area contributed by atoms with Gasteiger partial charge in [0.15, 0.2) is 0 Å². The van der Waals surface area contributed by atoms with Crippen LogP contribution in [-0.4, -0.2) is 46.0 Å². The number of nitrogens with zero attached hydrogens (tertiary/aromatic N) is 3. The zero-order valence-electron chi connectivity index (χ0n) is 18.9. The summed E-state index contributed by atoms with van der Waals surface area (Å²) in [6.07, 6.45) is 1.09. The van der Waals surface area contributed by atoms with E-state index in [9.17, 15) is 9.59 Å². The van der Waals surface area contributed by atoms with Crippen molar-refractivity contribution in [2.45, 2.75) is 26.3 Å². The van der Waals surface area contributed by atoms with Gasteiger partial charge in [0.05, 0.1) is 21.3 Å². The summed E-state index contributed by atoms with van der Waals surface area (Å²) >= 11 is 1.55. The minimum atomic E-state index is -0.310. The molecule has 2 aliphatic rings. The van der Waals surface area contributed by atoms with Gasteiger partial charge >= 0.3 is 0 Å². The number of carbonyl (C=O) groups is 2. The van der Waals surface area contributed by atoms with Crippen molar-refractivity contribution in [3.8, 4) is 10.4 Å². The average Bonchev–Trinajstić information content (AvgIpc) is 3.17. The van der Waals surface area contributed by atoms with E-state index in [1.165, 1.54) is 0 Å². The molecule has 3 heterocycles. The molecular weight excluding hydrogens is 448 g/mol. The van der Waals surface area contributed by atoms with Gasteiger partial charge in [-0.25, -0.2) is 4.98 Å². The SMILES string of the molecule is Cc1cccc(-c2sc(C)nc2C(=O)N2C[C@H]3C[C@H]3[C@H]2CNC(=O)c2onc3ccccc23)c1. The Morgan fingerprint density at radius 3 is 2.88 bits per heavy atom. The van der Waals surface area contributed by atoms with Crippen LogP contribution in [0.15, 0.2) is 53.1 Å². The predicted octanol–water partition coefficient (Wildman–Crippen LogP) is 4.46. The highest BCUT2D eigenvalue weighted by atomic mass is 32.1. The number of amides is 2. The van der Waals surface area contributed by atoms with Crippen molar-refractivity contribution < 1.29 is 14.1 Å². The maximum Gasteiger partial charge on any atom is 0.290 e. The van der Waals surface area contributed by atoms with Crippen molar-refractivity contribution in [3.05, 3.63) is 70.6 Å². The van der Waals surface area contributed by atoms with Crippen molar-refractivity contribution in [3.63, 3.8) is 0 Å². The monoisotopic (exact) mass is 472 g/mol. The predicted molar refractivity (Wildman–Crippen MR) is 130 cm³/mol. The molecule has 7 nitrogen and oxygen atoms in total. The van der Waals surface area contributed by atoms with Crippen LogP contribution in [0.5, 0.6) is 0 Å². The molecule has 4 aromatic rings. The van der Waals surface area contributed by atoms with Crippen LogP contribution in [0, 0.1) is 25.7 Å². The molecule has 3 atom stereocenters. The van der Waals surface area contributed by atoms with Crippen LogP contribution in [0.1, 0.15) is 38.0 Å². The van der Waals surface area contributed by atoms with Gasteiger partial charge in [-0.2, -0.15) is 0 Å². The van der Waals surface area contributed by atoms with Gasteiger partial charge in [0.1, 0.15) is 11.2 Å². The molecule has 2 amide bonds. The van der Waals surface area contributed by atoms with Crippen molar-refractivity contribution in [2.75, 3.05) is 13.1 Å². The highest BCUT2D eigenvalue weighted by Gasteiger charge is 2.54. The van der Waals surface area contributed by atoms with Gasteiger partial charge in [-0.05, 0) is 49.8 Å². The van der Waals surface area contributed by atoms with Gasteiger partial charge in [0.2, 0.25) is 5.76 Å². The lowest BCUT2D eigenvalue weighted by molar-refractivity contribution is 0.0688. The fourth-order valence-electron chi connectivity index (χ4n) is 5.09. The third-order valence-corrected chi connectivity index (χ3v) is 7.86. The van der Waals surface area contributed by atoms with E-state index in [1.54, 1.807) is 11.3 Å². The summed E-state index contributed by atoms with van der Waals surface area (Å²) in [7, 11) is 0. The number of aromatic nitrogens is 2. The molecule has 2 aromatic heterocycles. The number of likely N-dealkylation sites (tertiary alicyclic amines) is 1. The van der Waals surface area contributed by atoms with Gasteiger partial charge in [0.25, 0.3) is 11.8 Å². The van der Waals surface area contributed by atoms with Crippen molar-refractivity contribution >= 4 is 34.1 Å². The van der Waals surface area contributed by atoms with Crippen LogP contribution in [0.25, 0.3) is 21.3 Å². The van der Waals surface area contributed by atoms with Gasteiger partial charge in [0, 0.05) is 13.1 Å². The fraction of sp³-hybridized carbons (Fsp3) is 0.308. The number of hydrogen-bond donors (Lipinski definition) is 1. The number of piperidine rings is 1. The number of aryl methyl sites for hydroxylation is 2. The molecule has 2 aromatic carbocycles. The lowest BCUT2D eigenvalue weighted by atomic mass is 10.1. The Hall–Kier alpha value is -3.52. The first-order chi connectivity index (χ1) is 16.5. The lowest BCUT2D eigenvalue weighted by Gasteiger charge is -2.27. The summed E-state index contributed by atoms with van der Waals surface area (Å²) in [6.45, 7) is 5.06. The second-order valence-electron chi connectivity index (χ2n) is 9.20. The van der Waals surface area contributed by atoms with E-state index in [-0.39, 0.29) is 23.6 Å². The number of benzene rings is 2. The Bertz CT molecular complexity index is 1420. The third-order valence-electron chi connectivity index (χ3n) is 6.84. The third kappa shape index (κ3) is 3.58. The molecular formula is C26H24N4O3S. The van der Waals surface area contributed by atoms with Crippen LogP contribution in [-0.2, 0) is 0 Å². The topological polar surface area (TPSA) is 88.3 Å². The van der Waals surface area contributed by atoms with Crippen molar-refractivity contribution in [1.82, 2.24) is 20.4 Å². The molecule has 0 bridgehead atoms. The second kappa shape index (κ2) is 8.06. The number of fused-ring (bicyclic) bond motifs is 2. The number of rotatable bonds is 5. The first-order valence-electron chi connectivity index (χ1n) is 11.5. The molecule has 1 aliphatic carbocycles. The summed E-state index contributed by atoms with van der Waals surface area (Å²) in [4.78, 5) is 34.0. The first kappa shape index (κ1) is 21.0. The zero-order valence-corrected chi connectivity index (χ0v) is 19.8. The number of thiazole rings is 1. The standard InChI is InChI=1S/C26H24N4O3S/c1-14-6-5-7-16(10-14)24-22(28-15(2)34-24)26(32)30-13-17-11-19(17)21(30)12-27-25(31)23-18-8-3-4-9-20(18)29-33-23/h3-10,17,19,21H,11-13H2,1-2H3,(H,27,31)/t17-,19-,21-/m1/s1. The average molecular weight is 473 g/mol. The van der Waals surface area contributed by atoms with Gasteiger partial charge in [-0.3, -0.25) is 9.59 Å². The molecule has 1 N–H and O–H groups in total. The Labute approximate surface area is 200 Å². The van der Waals surface area contributed by atoms with E-state index in [0.717, 1.165) is 27.4 Å². The van der Waals surface area contributed by atoms with Gasteiger partial charge in [-0.15, -0.1) is 11.3 Å². The molecule has 8 heteroatoms. The van der Waals surface area contributed by atoms with E-state index in [1.807, 2.05) is 61.2 Å². The molecule has 1 aliphatic heterocycles. The van der Waals surface area contributed by atoms with Crippen LogP contribution in [0.3, 0.4) is 0 Å².